The van der Waals surface area contributed by atoms with Crippen LogP contribution in [0.2, 0.25) is 0 Å². The monoisotopic (exact) mass is 320 g/mol. The molecule has 0 aliphatic rings. The molecule has 0 atom stereocenters. The number of amides is 2. The van der Waals surface area contributed by atoms with Crippen LogP contribution < -0.4 is 15.4 Å². The molecule has 0 radical (unpaired) electrons. The number of unbranched alkanes of at least 4 members (excludes halogenated alkanes) is 4. The first kappa shape index (κ1) is 19.0. The maximum Gasteiger partial charge on any atom is 0.313 e. The third-order valence-corrected chi connectivity index (χ3v) is 3.40. The van der Waals surface area contributed by atoms with E-state index in [0.29, 0.717) is 18.8 Å². The van der Waals surface area contributed by atoms with E-state index in [2.05, 4.69) is 24.5 Å². The Kier molecular flexibility index (Phi) is 9.52. The largest absolute Gasteiger partial charge is 0.494 e. The minimum atomic E-state index is -0.641. The molecule has 1 aromatic rings. The molecular formula is C18H28N2O3. The Balaban J connectivity index is 2.33. The van der Waals surface area contributed by atoms with Gasteiger partial charge >= 0.3 is 11.8 Å². The summed E-state index contributed by atoms with van der Waals surface area (Å²) in [5, 5.41) is 5.19. The van der Waals surface area contributed by atoms with Crippen molar-refractivity contribution in [2.24, 2.45) is 0 Å². The molecule has 1 rings (SSSR count). The molecule has 23 heavy (non-hydrogen) atoms. The number of hydrogen-bond donors (Lipinski definition) is 2. The quantitative estimate of drug-likeness (QED) is 0.512. The lowest BCUT2D eigenvalue weighted by Gasteiger charge is -2.08. The highest BCUT2D eigenvalue weighted by Gasteiger charge is 2.12. The minimum absolute atomic E-state index is 0.532. The van der Waals surface area contributed by atoms with Crippen LogP contribution in [0.5, 0.6) is 5.75 Å². The van der Waals surface area contributed by atoms with Crippen molar-refractivity contribution in [3.63, 3.8) is 0 Å². The van der Waals surface area contributed by atoms with E-state index in [-0.39, 0.29) is 0 Å². The molecule has 0 saturated heterocycles. The number of carbonyl (C=O) groups is 2. The van der Waals surface area contributed by atoms with Gasteiger partial charge in [-0.05, 0) is 37.1 Å². The number of rotatable bonds is 10. The first-order valence-corrected chi connectivity index (χ1v) is 8.49. The molecule has 2 N–H and O–H groups in total. The third kappa shape index (κ3) is 8.24. The van der Waals surface area contributed by atoms with Crippen LogP contribution in [0.3, 0.4) is 0 Å². The molecule has 0 unspecified atom stereocenters. The van der Waals surface area contributed by atoms with E-state index in [0.717, 1.165) is 44.3 Å². The standard InChI is InChI=1S/C18H28N2O3/c1-3-5-7-13-19-17(21)18(22)20-15-9-11-16(12-10-15)23-14-8-6-4-2/h9-12H,3-8,13-14H2,1-2H3,(H,19,21)(H,20,22). The number of ether oxygens (including phenoxy) is 1. The van der Waals surface area contributed by atoms with E-state index in [4.69, 9.17) is 4.74 Å². The lowest BCUT2D eigenvalue weighted by Crippen LogP contribution is -2.35. The summed E-state index contributed by atoms with van der Waals surface area (Å²) in [5.74, 6) is -0.470. The van der Waals surface area contributed by atoms with Gasteiger partial charge in [-0.25, -0.2) is 0 Å². The van der Waals surface area contributed by atoms with Crippen LogP contribution in [0.25, 0.3) is 0 Å². The van der Waals surface area contributed by atoms with Gasteiger partial charge in [-0.3, -0.25) is 9.59 Å². The fourth-order valence-corrected chi connectivity index (χ4v) is 2.02. The van der Waals surface area contributed by atoms with Gasteiger partial charge in [0.1, 0.15) is 5.75 Å². The predicted octanol–water partition coefficient (Wildman–Crippen LogP) is 3.50. The molecule has 5 heteroatoms. The Morgan fingerprint density at radius 2 is 1.57 bits per heavy atom. The van der Waals surface area contributed by atoms with Crippen molar-refractivity contribution in [2.45, 2.75) is 52.4 Å². The smallest absolute Gasteiger partial charge is 0.313 e. The number of nitrogens with one attached hydrogen (secondary N) is 2. The summed E-state index contributed by atoms with van der Waals surface area (Å²) in [6.07, 6.45) is 6.36. The Bertz CT molecular complexity index is 472. The molecule has 5 nitrogen and oxygen atoms in total. The van der Waals surface area contributed by atoms with Crippen LogP contribution in [0, 0.1) is 0 Å². The summed E-state index contributed by atoms with van der Waals surface area (Å²) < 4.78 is 5.60. The molecule has 0 bridgehead atoms. The van der Waals surface area contributed by atoms with E-state index in [1.807, 2.05) is 0 Å². The molecule has 1 aromatic carbocycles. The van der Waals surface area contributed by atoms with Crippen molar-refractivity contribution in [1.29, 1.82) is 0 Å². The van der Waals surface area contributed by atoms with Gasteiger partial charge < -0.3 is 15.4 Å². The van der Waals surface area contributed by atoms with Gasteiger partial charge in [-0.15, -0.1) is 0 Å². The molecule has 128 valence electrons. The molecule has 0 heterocycles. The predicted molar refractivity (Wildman–Crippen MR) is 92.6 cm³/mol. The maximum absolute atomic E-state index is 11.8. The van der Waals surface area contributed by atoms with E-state index in [1.54, 1.807) is 24.3 Å². The Morgan fingerprint density at radius 3 is 2.22 bits per heavy atom. The number of carbonyl (C=O) groups excluding carboxylic acids is 2. The van der Waals surface area contributed by atoms with E-state index in [1.165, 1.54) is 0 Å². The topological polar surface area (TPSA) is 67.4 Å². The van der Waals surface area contributed by atoms with Gasteiger partial charge in [0.2, 0.25) is 0 Å². The van der Waals surface area contributed by atoms with Gasteiger partial charge in [0.15, 0.2) is 0 Å². The number of hydrogen-bond acceptors (Lipinski definition) is 3. The van der Waals surface area contributed by atoms with Crippen LogP contribution in [0.4, 0.5) is 5.69 Å². The van der Waals surface area contributed by atoms with Gasteiger partial charge in [-0.2, -0.15) is 0 Å². The van der Waals surface area contributed by atoms with Gasteiger partial charge in [-0.1, -0.05) is 39.5 Å². The third-order valence-electron chi connectivity index (χ3n) is 3.40. The second-order valence-corrected chi connectivity index (χ2v) is 5.50. The molecule has 2 amide bonds. The summed E-state index contributed by atoms with van der Waals surface area (Å²) in [6, 6.07) is 7.05. The molecule has 0 aliphatic carbocycles. The maximum atomic E-state index is 11.8. The zero-order chi connectivity index (χ0) is 16.9. The van der Waals surface area contributed by atoms with E-state index < -0.39 is 11.8 Å². The lowest BCUT2D eigenvalue weighted by molar-refractivity contribution is -0.136. The zero-order valence-corrected chi connectivity index (χ0v) is 14.2. The normalized spacial score (nSPS) is 10.2. The van der Waals surface area contributed by atoms with Crippen LogP contribution >= 0.6 is 0 Å². The fourth-order valence-electron chi connectivity index (χ4n) is 2.02. The highest BCUT2D eigenvalue weighted by molar-refractivity contribution is 6.39. The lowest BCUT2D eigenvalue weighted by atomic mass is 10.2. The average Bonchev–Trinajstić information content (AvgIpc) is 2.57. The van der Waals surface area contributed by atoms with Crippen molar-refractivity contribution < 1.29 is 14.3 Å². The Labute approximate surface area is 138 Å². The van der Waals surface area contributed by atoms with Gasteiger partial charge in [0.25, 0.3) is 0 Å². The Hall–Kier alpha value is -2.04. The fraction of sp³-hybridized carbons (Fsp3) is 0.556. The summed E-state index contributed by atoms with van der Waals surface area (Å²) in [4.78, 5) is 23.4. The average molecular weight is 320 g/mol. The second-order valence-electron chi connectivity index (χ2n) is 5.50. The zero-order valence-electron chi connectivity index (χ0n) is 14.2. The minimum Gasteiger partial charge on any atom is -0.494 e. The second kappa shape index (κ2) is 11.5. The van der Waals surface area contributed by atoms with Crippen LogP contribution in [-0.4, -0.2) is 25.0 Å². The summed E-state index contributed by atoms with van der Waals surface area (Å²) in [6.45, 7) is 5.47. The Morgan fingerprint density at radius 1 is 0.913 bits per heavy atom. The highest BCUT2D eigenvalue weighted by Crippen LogP contribution is 2.16. The summed E-state index contributed by atoms with van der Waals surface area (Å²) in [5.41, 5.74) is 0.583. The molecule has 0 saturated carbocycles. The first-order valence-electron chi connectivity index (χ1n) is 8.49. The highest BCUT2D eigenvalue weighted by atomic mass is 16.5. The SMILES string of the molecule is CCCCCNC(=O)C(=O)Nc1ccc(OCCCCC)cc1. The van der Waals surface area contributed by atoms with Crippen molar-refractivity contribution >= 4 is 17.5 Å². The van der Waals surface area contributed by atoms with Gasteiger partial charge in [0.05, 0.1) is 6.61 Å². The molecule has 0 spiro atoms. The van der Waals surface area contributed by atoms with E-state index in [9.17, 15) is 9.59 Å². The number of anilines is 1. The summed E-state index contributed by atoms with van der Waals surface area (Å²) >= 11 is 0. The summed E-state index contributed by atoms with van der Waals surface area (Å²) in [7, 11) is 0. The van der Waals surface area contributed by atoms with Crippen molar-refractivity contribution in [2.75, 3.05) is 18.5 Å². The number of benzene rings is 1. The van der Waals surface area contributed by atoms with E-state index >= 15 is 0 Å². The van der Waals surface area contributed by atoms with Crippen LogP contribution in [0.15, 0.2) is 24.3 Å². The molecular weight excluding hydrogens is 292 g/mol. The van der Waals surface area contributed by atoms with Crippen LogP contribution in [-0.2, 0) is 9.59 Å². The molecule has 0 aromatic heterocycles. The first-order chi connectivity index (χ1) is 11.2. The molecule has 0 fully saturated rings. The van der Waals surface area contributed by atoms with Gasteiger partial charge in [0, 0.05) is 12.2 Å². The van der Waals surface area contributed by atoms with Crippen molar-refractivity contribution in [3.05, 3.63) is 24.3 Å². The van der Waals surface area contributed by atoms with Crippen LogP contribution in [0.1, 0.15) is 52.4 Å². The van der Waals surface area contributed by atoms with Crippen molar-refractivity contribution in [3.8, 4) is 5.75 Å². The van der Waals surface area contributed by atoms with Crippen molar-refractivity contribution in [1.82, 2.24) is 5.32 Å². The molecule has 0 aliphatic heterocycles.